The maximum atomic E-state index is 9.76. The van der Waals surface area contributed by atoms with E-state index in [2.05, 4.69) is 0 Å². The van der Waals surface area contributed by atoms with E-state index in [0.717, 1.165) is 0 Å². The van der Waals surface area contributed by atoms with Gasteiger partial charge in [0, 0.05) is 0 Å². The van der Waals surface area contributed by atoms with Crippen molar-refractivity contribution < 1.29 is 38.5 Å². The molecule has 0 aromatic carbocycles. The van der Waals surface area contributed by atoms with Crippen LogP contribution in [0.25, 0.3) is 0 Å². The van der Waals surface area contributed by atoms with Gasteiger partial charge in [-0.25, -0.2) is 0 Å². The molecule has 0 bridgehead atoms. The van der Waals surface area contributed by atoms with Crippen LogP contribution in [-0.2, 0) is 0 Å². The minimum Gasteiger partial charge on any atom is -0.836 e. The summed E-state index contributed by atoms with van der Waals surface area (Å²) in [6.45, 7) is 0. The van der Waals surface area contributed by atoms with Crippen molar-refractivity contribution in [3.05, 3.63) is 0 Å². The molecule has 0 aliphatic rings. The van der Waals surface area contributed by atoms with Crippen LogP contribution in [0.3, 0.4) is 0 Å². The number of hydrogen-bond donors (Lipinski definition) is 0. The van der Waals surface area contributed by atoms with E-state index in [-0.39, 0.29) is 29.6 Å². The molecule has 0 amide bonds. The van der Waals surface area contributed by atoms with Gasteiger partial charge in [0.1, 0.15) is 0 Å². The van der Waals surface area contributed by atoms with Crippen molar-refractivity contribution in [2.45, 2.75) is 0 Å². The summed E-state index contributed by atoms with van der Waals surface area (Å²) in [4.78, 5) is 8.29. The van der Waals surface area contributed by atoms with E-state index in [1.54, 1.807) is 0 Å². The second kappa shape index (κ2) is 8.93. The van der Waals surface area contributed by atoms with Gasteiger partial charge in [0.05, 0.1) is 0 Å². The molecule has 0 heterocycles. The number of rotatable bonds is 0. The van der Waals surface area contributed by atoms with Crippen LogP contribution in [-0.4, -0.2) is 10.1 Å². The van der Waals surface area contributed by atoms with Crippen molar-refractivity contribution in [1.29, 1.82) is 0 Å². The van der Waals surface area contributed by atoms with Crippen molar-refractivity contribution in [1.82, 2.24) is 0 Å². The van der Waals surface area contributed by atoms with E-state index in [1.165, 1.54) is 0 Å². The van der Waals surface area contributed by atoms with Crippen molar-refractivity contribution in [2.24, 2.45) is 0 Å². The molecule has 1 nitrogen and oxygen atoms in total. The van der Waals surface area contributed by atoms with Gasteiger partial charge >= 0.3 is 29.6 Å². The Balaban J connectivity index is 0. The monoisotopic (exact) mass is 86.0 g/mol. The van der Waals surface area contributed by atoms with E-state index in [0.29, 0.717) is 0 Å². The summed E-state index contributed by atoms with van der Waals surface area (Å²) in [5.74, 6) is 0. The van der Waals surface area contributed by atoms with Gasteiger partial charge in [-0.15, -0.1) is 0 Å². The van der Waals surface area contributed by atoms with Gasteiger partial charge in [-0.3, -0.25) is 0 Å². The summed E-state index contributed by atoms with van der Waals surface area (Å²) in [6.07, 6.45) is 0. The van der Waals surface area contributed by atoms with Gasteiger partial charge in [0.2, 0.25) is 0 Å². The molecule has 0 saturated carbocycles. The van der Waals surface area contributed by atoms with Crippen molar-refractivity contribution in [3.8, 4) is 0 Å². The van der Waals surface area contributed by atoms with E-state index in [4.69, 9.17) is 4.80 Å². The summed E-state index contributed by atoms with van der Waals surface area (Å²) < 4.78 is 9.76. The van der Waals surface area contributed by atoms with E-state index < -0.39 is 10.1 Å². The van der Waals surface area contributed by atoms with Crippen LogP contribution in [0.5, 0.6) is 0 Å². The molecule has 0 N–H and O–H groups in total. The number of halogens is 1. The fourth-order valence-corrected chi connectivity index (χ4v) is 0. The molecule has 4 heteroatoms. The molecular formula is FNaOSi. The summed E-state index contributed by atoms with van der Waals surface area (Å²) >= 11 is 0. The normalized spacial score (nSPS) is 4.50. The minimum absolute atomic E-state index is 0. The van der Waals surface area contributed by atoms with Gasteiger partial charge in [-0.2, -0.15) is 0 Å². The summed E-state index contributed by atoms with van der Waals surface area (Å²) in [6, 6.07) is 0. The second-order valence-corrected chi connectivity index (χ2v) is 0.231. The SMILES string of the molecule is [Na+].[O-][Si]F. The van der Waals surface area contributed by atoms with E-state index >= 15 is 0 Å². The third kappa shape index (κ3) is 11.3. The first-order chi connectivity index (χ1) is 1.41. The molecule has 2 radical (unpaired) electrons. The fourth-order valence-electron chi connectivity index (χ4n) is 0. The molecule has 0 aliphatic heterocycles. The van der Waals surface area contributed by atoms with Crippen LogP contribution in [0.2, 0.25) is 0 Å². The quantitative estimate of drug-likeness (QED) is 0.217. The van der Waals surface area contributed by atoms with Crippen LogP contribution < -0.4 is 34.4 Å². The zero-order valence-electron chi connectivity index (χ0n) is 2.29. The third-order valence-corrected chi connectivity index (χ3v) is 0. The van der Waals surface area contributed by atoms with Gasteiger partial charge in [-0.05, 0) is 0 Å². The second-order valence-electron chi connectivity index (χ2n) is 0.0772. The van der Waals surface area contributed by atoms with Gasteiger partial charge in [0.25, 0.3) is 0 Å². The Hall–Kier alpha value is 1.11. The van der Waals surface area contributed by atoms with Crippen molar-refractivity contribution in [3.63, 3.8) is 0 Å². The molecule has 0 saturated heterocycles. The molecule has 0 aliphatic carbocycles. The molecule has 0 rings (SSSR count). The van der Waals surface area contributed by atoms with E-state index in [1.807, 2.05) is 0 Å². The average molecular weight is 86.1 g/mol. The van der Waals surface area contributed by atoms with Gasteiger partial charge in [0.15, 0.2) is 10.1 Å². The topological polar surface area (TPSA) is 23.1 Å². The maximum Gasteiger partial charge on any atom is 1.00 e. The van der Waals surface area contributed by atoms with Crippen LogP contribution in [0, 0.1) is 0 Å². The molecule has 0 atom stereocenters. The molecule has 4 heavy (non-hydrogen) atoms. The molecule has 0 aromatic heterocycles. The van der Waals surface area contributed by atoms with Crippen LogP contribution in [0.1, 0.15) is 0 Å². The Bertz CT molecular complexity index is 8.00. The Morgan fingerprint density at radius 2 is 1.75 bits per heavy atom. The first kappa shape index (κ1) is 8.92. The standard InChI is InChI=1S/FOSi.Na/c1-3-2;/q-1;+1. The Morgan fingerprint density at radius 3 is 1.75 bits per heavy atom. The maximum absolute atomic E-state index is 9.76. The summed E-state index contributed by atoms with van der Waals surface area (Å²) in [7, 11) is -1.67. The minimum atomic E-state index is -1.67. The fraction of sp³-hybridized carbons (Fsp3) is 0. The molecule has 0 aromatic rings. The molecule has 0 spiro atoms. The zero-order chi connectivity index (χ0) is 2.71. The summed E-state index contributed by atoms with van der Waals surface area (Å²) in [5, 5.41) is 0. The van der Waals surface area contributed by atoms with Gasteiger partial charge < -0.3 is 8.90 Å². The Kier molecular flexibility index (Phi) is 19.9. The Morgan fingerprint density at radius 1 is 1.75 bits per heavy atom. The zero-order valence-corrected chi connectivity index (χ0v) is 5.29. The van der Waals surface area contributed by atoms with Crippen molar-refractivity contribution >= 4 is 10.1 Å². The average Bonchev–Trinajstić information content (AvgIpc) is 0.918. The molecule has 0 unspecified atom stereocenters. The first-order valence-corrected chi connectivity index (χ1v) is 1.18. The largest absolute Gasteiger partial charge is 1.00 e. The van der Waals surface area contributed by atoms with Gasteiger partial charge in [-0.1, -0.05) is 0 Å². The number of hydrogen-bond acceptors (Lipinski definition) is 1. The smallest absolute Gasteiger partial charge is 0.836 e. The van der Waals surface area contributed by atoms with E-state index in [9.17, 15) is 4.11 Å². The molecule has 18 valence electrons. The van der Waals surface area contributed by atoms with Crippen molar-refractivity contribution in [2.75, 3.05) is 0 Å². The predicted octanol–water partition coefficient (Wildman–Crippen LogP) is -4.15. The predicted molar refractivity (Wildman–Crippen MR) is 6.86 cm³/mol. The Labute approximate surface area is 48.6 Å². The molecule has 0 fully saturated rings. The summed E-state index contributed by atoms with van der Waals surface area (Å²) in [5.41, 5.74) is 0. The third-order valence-electron chi connectivity index (χ3n) is 0. The van der Waals surface area contributed by atoms with Crippen LogP contribution in [0.15, 0.2) is 0 Å². The molecular weight excluding hydrogens is 86.1 g/mol. The first-order valence-electron chi connectivity index (χ1n) is 0.393. The van der Waals surface area contributed by atoms with Crippen LogP contribution in [0.4, 0.5) is 4.11 Å². The van der Waals surface area contributed by atoms with Crippen LogP contribution >= 0.6 is 0 Å².